The van der Waals surface area contributed by atoms with Gasteiger partial charge in [-0.3, -0.25) is 0 Å². The van der Waals surface area contributed by atoms with E-state index in [-0.39, 0.29) is 0 Å². The van der Waals surface area contributed by atoms with Gasteiger partial charge in [-0.05, 0) is 49.3 Å². The zero-order chi connectivity index (χ0) is 11.7. The second-order valence-electron chi connectivity index (χ2n) is 5.44. The van der Waals surface area contributed by atoms with Crippen molar-refractivity contribution in [2.75, 3.05) is 0 Å². The Balaban J connectivity index is 1.81. The van der Waals surface area contributed by atoms with Crippen LogP contribution in [-0.4, -0.2) is 11.1 Å². The second-order valence-corrected chi connectivity index (χ2v) is 5.44. The van der Waals surface area contributed by atoms with Gasteiger partial charge in [0.2, 0.25) is 0 Å². The predicted octanol–water partition coefficient (Wildman–Crippen LogP) is 3.30. The lowest BCUT2D eigenvalue weighted by molar-refractivity contribution is 0.388. The molecule has 0 heterocycles. The fourth-order valence-corrected chi connectivity index (χ4v) is 3.38. The van der Waals surface area contributed by atoms with E-state index in [0.717, 1.165) is 6.42 Å². The number of hydrogen-bond acceptors (Lipinski definition) is 2. The zero-order valence-electron chi connectivity index (χ0n) is 10.3. The van der Waals surface area contributed by atoms with E-state index < -0.39 is 0 Å². The Kier molecular flexibility index (Phi) is 3.06. The number of hydrogen-bond donors (Lipinski definition) is 2. The number of rotatable bonds is 2. The van der Waals surface area contributed by atoms with Crippen molar-refractivity contribution in [3.8, 4) is 5.75 Å². The summed E-state index contributed by atoms with van der Waals surface area (Å²) in [6.07, 6.45) is 8.83. The van der Waals surface area contributed by atoms with E-state index in [1.165, 1.54) is 49.7 Å². The summed E-state index contributed by atoms with van der Waals surface area (Å²) in [5.74, 6) is 0.487. The van der Waals surface area contributed by atoms with Crippen LogP contribution in [0.4, 0.5) is 0 Å². The van der Waals surface area contributed by atoms with Gasteiger partial charge < -0.3 is 10.4 Å². The van der Waals surface area contributed by atoms with Crippen LogP contribution in [0.1, 0.15) is 55.7 Å². The number of benzene rings is 1. The first-order valence-electron chi connectivity index (χ1n) is 6.91. The maximum absolute atomic E-state index is 9.91. The Morgan fingerprint density at radius 1 is 1.06 bits per heavy atom. The van der Waals surface area contributed by atoms with Gasteiger partial charge in [0.05, 0.1) is 0 Å². The summed E-state index contributed by atoms with van der Waals surface area (Å²) in [7, 11) is 0. The molecule has 0 bridgehead atoms. The first kappa shape index (κ1) is 11.1. The zero-order valence-corrected chi connectivity index (χ0v) is 10.3. The van der Waals surface area contributed by atoms with E-state index in [9.17, 15) is 5.11 Å². The highest BCUT2D eigenvalue weighted by Gasteiger charge is 2.25. The van der Waals surface area contributed by atoms with E-state index in [2.05, 4.69) is 11.4 Å². The minimum atomic E-state index is 0.467. The molecule has 2 heteroatoms. The molecule has 2 N–H and O–H groups in total. The van der Waals surface area contributed by atoms with Crippen LogP contribution >= 0.6 is 0 Å². The average molecular weight is 231 g/mol. The van der Waals surface area contributed by atoms with Crippen molar-refractivity contribution in [3.63, 3.8) is 0 Å². The highest BCUT2D eigenvalue weighted by atomic mass is 16.3. The van der Waals surface area contributed by atoms with Gasteiger partial charge in [0.1, 0.15) is 5.75 Å². The molecule has 1 unspecified atom stereocenters. The van der Waals surface area contributed by atoms with Crippen molar-refractivity contribution >= 4 is 0 Å². The van der Waals surface area contributed by atoms with Gasteiger partial charge in [-0.15, -0.1) is 0 Å². The fourth-order valence-electron chi connectivity index (χ4n) is 3.38. The van der Waals surface area contributed by atoms with E-state index in [1.807, 2.05) is 12.1 Å². The summed E-state index contributed by atoms with van der Waals surface area (Å²) in [4.78, 5) is 0. The van der Waals surface area contributed by atoms with Crippen LogP contribution in [0.15, 0.2) is 18.2 Å². The number of fused-ring (bicyclic) bond motifs is 1. The van der Waals surface area contributed by atoms with Gasteiger partial charge in [0.25, 0.3) is 0 Å². The smallest absolute Gasteiger partial charge is 0.119 e. The van der Waals surface area contributed by atoms with Crippen LogP contribution in [0.25, 0.3) is 0 Å². The summed E-state index contributed by atoms with van der Waals surface area (Å²) >= 11 is 0. The highest BCUT2D eigenvalue weighted by Crippen LogP contribution is 2.35. The molecule has 2 nitrogen and oxygen atoms in total. The summed E-state index contributed by atoms with van der Waals surface area (Å²) in [5.41, 5.74) is 2.51. The lowest BCUT2D eigenvalue weighted by Crippen LogP contribution is -2.32. The van der Waals surface area contributed by atoms with Crippen molar-refractivity contribution in [3.05, 3.63) is 29.3 Å². The molecule has 1 saturated carbocycles. The van der Waals surface area contributed by atoms with E-state index in [4.69, 9.17) is 0 Å². The SMILES string of the molecule is Oc1cccc2c1CCCC2NC1CCCC1. The van der Waals surface area contributed by atoms with Crippen molar-refractivity contribution in [2.24, 2.45) is 0 Å². The van der Waals surface area contributed by atoms with Crippen LogP contribution in [0.5, 0.6) is 5.75 Å². The summed E-state index contributed by atoms with van der Waals surface area (Å²) in [5, 5.41) is 13.7. The third kappa shape index (κ3) is 2.19. The monoisotopic (exact) mass is 231 g/mol. The largest absolute Gasteiger partial charge is 0.508 e. The van der Waals surface area contributed by atoms with E-state index >= 15 is 0 Å². The Morgan fingerprint density at radius 2 is 1.88 bits per heavy atom. The Morgan fingerprint density at radius 3 is 2.71 bits per heavy atom. The maximum Gasteiger partial charge on any atom is 0.119 e. The molecule has 1 atom stereocenters. The van der Waals surface area contributed by atoms with Gasteiger partial charge in [-0.25, -0.2) is 0 Å². The molecule has 0 aliphatic heterocycles. The molecule has 2 aliphatic carbocycles. The molecule has 0 saturated heterocycles. The number of phenols is 1. The second kappa shape index (κ2) is 4.69. The van der Waals surface area contributed by atoms with Crippen LogP contribution in [0.2, 0.25) is 0 Å². The molecule has 0 aromatic heterocycles. The molecule has 0 amide bonds. The summed E-state index contributed by atoms with van der Waals surface area (Å²) < 4.78 is 0. The average Bonchev–Trinajstić information content (AvgIpc) is 2.83. The van der Waals surface area contributed by atoms with Gasteiger partial charge in [0.15, 0.2) is 0 Å². The lowest BCUT2D eigenvalue weighted by atomic mass is 9.86. The summed E-state index contributed by atoms with van der Waals surface area (Å²) in [6, 6.07) is 7.14. The third-order valence-electron chi connectivity index (χ3n) is 4.27. The van der Waals surface area contributed by atoms with Crippen LogP contribution in [0.3, 0.4) is 0 Å². The van der Waals surface area contributed by atoms with E-state index in [1.54, 1.807) is 0 Å². The van der Waals surface area contributed by atoms with Gasteiger partial charge >= 0.3 is 0 Å². The molecule has 3 rings (SSSR count). The minimum absolute atomic E-state index is 0.467. The Hall–Kier alpha value is -1.02. The summed E-state index contributed by atoms with van der Waals surface area (Å²) in [6.45, 7) is 0. The van der Waals surface area contributed by atoms with Crippen LogP contribution in [0, 0.1) is 0 Å². The molecule has 0 spiro atoms. The molecular formula is C15H21NO. The number of nitrogens with one attached hydrogen (secondary N) is 1. The van der Waals surface area contributed by atoms with E-state index in [0.29, 0.717) is 17.8 Å². The Bertz CT molecular complexity index is 396. The minimum Gasteiger partial charge on any atom is -0.508 e. The molecular weight excluding hydrogens is 210 g/mol. The standard InChI is InChI=1S/C15H21NO/c17-15-10-4-7-12-13(15)8-3-9-14(12)16-11-5-1-2-6-11/h4,7,10-11,14,16-17H,1-3,5-6,8-9H2. The molecule has 92 valence electrons. The topological polar surface area (TPSA) is 32.3 Å². The number of phenolic OH excluding ortho intramolecular Hbond substituents is 1. The molecule has 2 aliphatic rings. The van der Waals surface area contributed by atoms with Gasteiger partial charge in [0, 0.05) is 12.1 Å². The maximum atomic E-state index is 9.91. The quantitative estimate of drug-likeness (QED) is 0.818. The lowest BCUT2D eigenvalue weighted by Gasteiger charge is -2.29. The molecule has 1 aromatic carbocycles. The van der Waals surface area contributed by atoms with Crippen LogP contribution in [-0.2, 0) is 6.42 Å². The van der Waals surface area contributed by atoms with Crippen molar-refractivity contribution in [2.45, 2.75) is 57.0 Å². The van der Waals surface area contributed by atoms with Gasteiger partial charge in [-0.2, -0.15) is 0 Å². The number of aromatic hydroxyl groups is 1. The first-order chi connectivity index (χ1) is 8.34. The molecule has 1 aromatic rings. The highest BCUT2D eigenvalue weighted by molar-refractivity contribution is 5.42. The molecule has 0 radical (unpaired) electrons. The van der Waals surface area contributed by atoms with Crippen molar-refractivity contribution in [1.29, 1.82) is 0 Å². The first-order valence-corrected chi connectivity index (χ1v) is 6.91. The van der Waals surface area contributed by atoms with Crippen molar-refractivity contribution < 1.29 is 5.11 Å². The normalized spacial score (nSPS) is 24.8. The van der Waals surface area contributed by atoms with Crippen LogP contribution < -0.4 is 5.32 Å². The molecule has 17 heavy (non-hydrogen) atoms. The fraction of sp³-hybridized carbons (Fsp3) is 0.600. The Labute approximate surface area is 103 Å². The van der Waals surface area contributed by atoms with Crippen molar-refractivity contribution in [1.82, 2.24) is 5.32 Å². The predicted molar refractivity (Wildman–Crippen MR) is 69.2 cm³/mol. The third-order valence-corrected chi connectivity index (χ3v) is 4.27. The molecule has 1 fully saturated rings. The van der Waals surface area contributed by atoms with Gasteiger partial charge in [-0.1, -0.05) is 25.0 Å².